The summed E-state index contributed by atoms with van der Waals surface area (Å²) in [5.74, 6) is -3.53. The number of hydroxylamine groups is 1. The highest BCUT2D eigenvalue weighted by Gasteiger charge is 2.45. The molecular weight excluding hydrogens is 597 g/mol. The van der Waals surface area contributed by atoms with Gasteiger partial charge in [0.25, 0.3) is 5.91 Å². The molecule has 3 aliphatic rings. The number of nitriles is 1. The Kier molecular flexibility index (Phi) is 7.77. The van der Waals surface area contributed by atoms with Gasteiger partial charge in [0.05, 0.1) is 23.4 Å². The average Bonchev–Trinajstić information content (AvgIpc) is 3.76. The van der Waals surface area contributed by atoms with E-state index in [4.69, 9.17) is 0 Å². The SMILES string of the molecule is CN1CCc2nc(N(OC(=O)C(F)(F)F)C(=O)c3cccc([C@H]4CCCN4C(=O)N4CCc5c(C#N)cccc54)c3)sc2C1. The standard InChI is InChI=1S/C30H27F3N6O4S/c1-36-13-11-22-25(17-36)44-28(35-22)39(43-27(41)30(31,32)33)26(40)19-6-2-5-18(15-19)23-9-4-12-37(23)29(42)38-14-10-21-20(16-34)7-3-8-24(21)38/h2-3,5-8,15,23H,4,9-14,17H2,1H3/t23-/m1/s1. The molecule has 14 heteroatoms. The highest BCUT2D eigenvalue weighted by molar-refractivity contribution is 7.15. The van der Waals surface area contributed by atoms with Gasteiger partial charge in [0.15, 0.2) is 0 Å². The van der Waals surface area contributed by atoms with Crippen molar-refractivity contribution in [2.45, 2.75) is 44.4 Å². The third-order valence-electron chi connectivity index (χ3n) is 8.07. The van der Waals surface area contributed by atoms with E-state index in [0.717, 1.165) is 21.8 Å². The van der Waals surface area contributed by atoms with Crippen molar-refractivity contribution in [1.82, 2.24) is 14.8 Å². The van der Waals surface area contributed by atoms with Gasteiger partial charge in [-0.3, -0.25) is 9.69 Å². The number of fused-ring (bicyclic) bond motifs is 2. The maximum atomic E-state index is 13.8. The number of carbonyl (C=O) groups is 3. The molecule has 3 aromatic rings. The largest absolute Gasteiger partial charge is 0.493 e. The summed E-state index contributed by atoms with van der Waals surface area (Å²) in [5.41, 5.74) is 3.30. The molecule has 1 atom stereocenters. The van der Waals surface area contributed by atoms with Crippen molar-refractivity contribution in [3.8, 4) is 6.07 Å². The number of benzene rings is 2. The number of hydrogen-bond acceptors (Lipinski definition) is 8. The number of carbonyl (C=O) groups excluding carboxylic acids is 3. The average molecular weight is 625 g/mol. The Bertz CT molecular complexity index is 1690. The first-order valence-corrected chi connectivity index (χ1v) is 14.9. The summed E-state index contributed by atoms with van der Waals surface area (Å²) in [6.07, 6.45) is -2.90. The third kappa shape index (κ3) is 5.48. The molecule has 0 unspecified atom stereocenters. The molecule has 1 saturated heterocycles. The molecule has 0 aliphatic carbocycles. The molecule has 0 N–H and O–H groups in total. The van der Waals surface area contributed by atoms with Crippen molar-refractivity contribution >= 4 is 40.1 Å². The molecule has 1 aromatic heterocycles. The minimum Gasteiger partial charge on any atom is -0.322 e. The molecule has 44 heavy (non-hydrogen) atoms. The summed E-state index contributed by atoms with van der Waals surface area (Å²) in [6.45, 7) is 2.10. The number of nitrogens with zero attached hydrogens (tertiary/aromatic N) is 6. The Balaban J connectivity index is 1.28. The van der Waals surface area contributed by atoms with Gasteiger partial charge in [0, 0.05) is 48.7 Å². The van der Waals surface area contributed by atoms with E-state index in [2.05, 4.69) is 15.9 Å². The lowest BCUT2D eigenvalue weighted by molar-refractivity contribution is -0.199. The molecule has 4 heterocycles. The number of rotatable bonds is 3. The summed E-state index contributed by atoms with van der Waals surface area (Å²) < 4.78 is 39.7. The Morgan fingerprint density at radius 3 is 2.68 bits per heavy atom. The zero-order valence-electron chi connectivity index (χ0n) is 23.6. The molecular formula is C30H27F3N6O4S. The van der Waals surface area contributed by atoms with E-state index >= 15 is 0 Å². The fourth-order valence-electron chi connectivity index (χ4n) is 5.93. The highest BCUT2D eigenvalue weighted by atomic mass is 32.1. The predicted octanol–water partition coefficient (Wildman–Crippen LogP) is 4.99. The smallest absolute Gasteiger partial charge is 0.322 e. The van der Waals surface area contributed by atoms with E-state index in [1.54, 1.807) is 34.1 Å². The van der Waals surface area contributed by atoms with Crippen LogP contribution in [0.15, 0.2) is 42.5 Å². The van der Waals surface area contributed by atoms with Crippen LogP contribution in [-0.4, -0.2) is 65.5 Å². The van der Waals surface area contributed by atoms with Crippen LogP contribution in [0.1, 0.15) is 56.5 Å². The molecule has 0 saturated carbocycles. The van der Waals surface area contributed by atoms with E-state index in [1.165, 1.54) is 12.1 Å². The lowest BCUT2D eigenvalue weighted by atomic mass is 10.0. The van der Waals surface area contributed by atoms with Crippen LogP contribution in [0, 0.1) is 11.3 Å². The van der Waals surface area contributed by atoms with Crippen molar-refractivity contribution in [2.75, 3.05) is 36.6 Å². The number of alkyl halides is 3. The minimum absolute atomic E-state index is 0.0211. The van der Waals surface area contributed by atoms with Crippen molar-refractivity contribution < 1.29 is 32.4 Å². The number of anilines is 2. The first kappa shape index (κ1) is 29.6. The van der Waals surface area contributed by atoms with Gasteiger partial charge in [-0.1, -0.05) is 29.5 Å². The lowest BCUT2D eigenvalue weighted by Crippen LogP contribution is -2.42. The third-order valence-corrected chi connectivity index (χ3v) is 9.12. The zero-order chi connectivity index (χ0) is 31.2. The van der Waals surface area contributed by atoms with E-state index in [1.807, 2.05) is 18.0 Å². The van der Waals surface area contributed by atoms with Gasteiger partial charge in [-0.2, -0.15) is 18.4 Å². The fourth-order valence-corrected chi connectivity index (χ4v) is 7.06. The molecule has 0 spiro atoms. The van der Waals surface area contributed by atoms with Crippen molar-refractivity contribution in [3.63, 3.8) is 0 Å². The van der Waals surface area contributed by atoms with Gasteiger partial charge in [0.2, 0.25) is 5.13 Å². The molecule has 1 fully saturated rings. The normalized spacial score (nSPS) is 18.0. The summed E-state index contributed by atoms with van der Waals surface area (Å²) in [7, 11) is 1.89. The van der Waals surface area contributed by atoms with E-state index in [-0.39, 0.29) is 16.7 Å². The Hall–Kier alpha value is -4.48. The molecule has 228 valence electrons. The number of thiazole rings is 1. The van der Waals surface area contributed by atoms with Crippen LogP contribution in [0.5, 0.6) is 0 Å². The number of urea groups is 1. The number of halogens is 3. The molecule has 3 amide bonds. The topological polar surface area (TPSA) is 110 Å². The number of amides is 3. The summed E-state index contributed by atoms with van der Waals surface area (Å²) >= 11 is 0.997. The molecule has 10 nitrogen and oxygen atoms in total. The van der Waals surface area contributed by atoms with E-state index in [0.29, 0.717) is 79.4 Å². The molecule has 0 bridgehead atoms. The maximum absolute atomic E-state index is 13.8. The van der Waals surface area contributed by atoms with Gasteiger partial charge in [-0.25, -0.2) is 14.6 Å². The predicted molar refractivity (Wildman–Crippen MR) is 154 cm³/mol. The Morgan fingerprint density at radius 2 is 1.91 bits per heavy atom. The second kappa shape index (κ2) is 11.5. The van der Waals surface area contributed by atoms with Crippen molar-refractivity contribution in [2.24, 2.45) is 0 Å². The van der Waals surface area contributed by atoms with Crippen LogP contribution in [0.4, 0.5) is 28.8 Å². The van der Waals surface area contributed by atoms with Gasteiger partial charge in [0.1, 0.15) is 0 Å². The molecule has 0 radical (unpaired) electrons. The first-order valence-electron chi connectivity index (χ1n) is 14.1. The van der Waals surface area contributed by atoms with Gasteiger partial charge < -0.3 is 14.6 Å². The second-order valence-corrected chi connectivity index (χ2v) is 12.0. The minimum atomic E-state index is -5.33. The fraction of sp³-hybridized carbons (Fsp3) is 0.367. The lowest BCUT2D eigenvalue weighted by Gasteiger charge is -2.30. The number of hydrogen-bond donors (Lipinski definition) is 0. The summed E-state index contributed by atoms with van der Waals surface area (Å²) in [4.78, 5) is 54.5. The van der Waals surface area contributed by atoms with Crippen molar-refractivity contribution in [3.05, 3.63) is 75.3 Å². The van der Waals surface area contributed by atoms with Crippen molar-refractivity contribution in [1.29, 1.82) is 5.26 Å². The number of likely N-dealkylation sites (N-methyl/N-ethyl adjacent to an activating group) is 1. The number of aromatic nitrogens is 1. The van der Waals surface area contributed by atoms with E-state index in [9.17, 15) is 32.8 Å². The van der Waals surface area contributed by atoms with Crippen LogP contribution in [0.25, 0.3) is 0 Å². The Labute approximate surface area is 254 Å². The molecule has 6 rings (SSSR count). The second-order valence-electron chi connectivity index (χ2n) is 10.9. The quantitative estimate of drug-likeness (QED) is 0.378. The van der Waals surface area contributed by atoms with Crippen LogP contribution in [0.2, 0.25) is 0 Å². The highest BCUT2D eigenvalue weighted by Crippen LogP contribution is 2.38. The maximum Gasteiger partial charge on any atom is 0.493 e. The van der Waals surface area contributed by atoms with Gasteiger partial charge in [-0.05, 0) is 61.7 Å². The van der Waals surface area contributed by atoms with Gasteiger partial charge >= 0.3 is 18.2 Å². The van der Waals surface area contributed by atoms with Crippen LogP contribution in [0.3, 0.4) is 0 Å². The Morgan fingerprint density at radius 1 is 1.11 bits per heavy atom. The molecule has 2 aromatic carbocycles. The summed E-state index contributed by atoms with van der Waals surface area (Å²) in [6, 6.07) is 13.1. The first-order chi connectivity index (χ1) is 21.0. The zero-order valence-corrected chi connectivity index (χ0v) is 24.5. The number of likely N-dealkylation sites (tertiary alicyclic amines) is 1. The van der Waals surface area contributed by atoms with Gasteiger partial charge in [-0.15, -0.1) is 5.06 Å². The molecule has 3 aliphatic heterocycles. The van der Waals surface area contributed by atoms with Crippen LogP contribution in [-0.2, 0) is 29.0 Å². The van der Waals surface area contributed by atoms with Crippen LogP contribution < -0.4 is 9.96 Å². The van der Waals surface area contributed by atoms with E-state index < -0.39 is 24.1 Å². The summed E-state index contributed by atoms with van der Waals surface area (Å²) in [5, 5.41) is 9.63. The monoisotopic (exact) mass is 624 g/mol. The van der Waals surface area contributed by atoms with Crippen LogP contribution >= 0.6 is 11.3 Å².